The molecule has 0 aliphatic carbocycles. The lowest BCUT2D eigenvalue weighted by molar-refractivity contribution is -0.288. The van der Waals surface area contributed by atoms with Crippen LogP contribution in [0.1, 0.15) is 0 Å². The van der Waals surface area contributed by atoms with Crippen molar-refractivity contribution in [2.75, 3.05) is 6.61 Å². The minimum Gasteiger partial charge on any atom is -0.435 e. The third-order valence-electron chi connectivity index (χ3n) is 2.04. The number of rotatable bonds is 3. The van der Waals surface area contributed by atoms with E-state index in [-0.39, 0.29) is 6.47 Å². The Bertz CT molecular complexity index is 194. The van der Waals surface area contributed by atoms with Crippen LogP contribution < -0.4 is 0 Å². The third kappa shape index (κ3) is 2.02. The van der Waals surface area contributed by atoms with Crippen molar-refractivity contribution >= 4 is 6.47 Å². The second kappa shape index (κ2) is 4.67. The van der Waals surface area contributed by atoms with Gasteiger partial charge in [0.2, 0.25) is 6.29 Å². The number of carbonyl (C=O) groups is 1. The zero-order valence-corrected chi connectivity index (χ0v) is 7.18. The number of hydrogen-bond donors (Lipinski definition) is 4. The van der Waals surface area contributed by atoms with Crippen LogP contribution in [0.15, 0.2) is 0 Å². The minimum atomic E-state index is -1.53. The van der Waals surface area contributed by atoms with Crippen LogP contribution in [-0.4, -0.2) is 64.2 Å². The molecule has 1 saturated heterocycles. The molecular weight excluding hydrogens is 196 g/mol. The van der Waals surface area contributed by atoms with Gasteiger partial charge in [0, 0.05) is 0 Å². The summed E-state index contributed by atoms with van der Waals surface area (Å²) >= 11 is 0. The highest BCUT2D eigenvalue weighted by molar-refractivity contribution is 5.37. The van der Waals surface area contributed by atoms with E-state index in [1.165, 1.54) is 0 Å². The smallest absolute Gasteiger partial charge is 0.295 e. The molecule has 0 amide bonds. The van der Waals surface area contributed by atoms with Gasteiger partial charge in [-0.05, 0) is 0 Å². The molecule has 14 heavy (non-hydrogen) atoms. The lowest BCUT2D eigenvalue weighted by Crippen LogP contribution is -2.59. The molecule has 1 rings (SSSR count). The summed E-state index contributed by atoms with van der Waals surface area (Å²) in [5.74, 6) is 0. The Morgan fingerprint density at radius 2 is 1.86 bits per heavy atom. The second-order valence-corrected chi connectivity index (χ2v) is 2.93. The third-order valence-corrected chi connectivity index (χ3v) is 2.04. The van der Waals surface area contributed by atoms with Gasteiger partial charge in [-0.15, -0.1) is 0 Å². The molecule has 5 atom stereocenters. The predicted octanol–water partition coefficient (Wildman–Crippen LogP) is -3.04. The van der Waals surface area contributed by atoms with Crippen LogP contribution in [0.25, 0.3) is 0 Å². The predicted molar refractivity (Wildman–Crippen MR) is 40.9 cm³/mol. The van der Waals surface area contributed by atoms with E-state index in [1.54, 1.807) is 0 Å². The normalized spacial score (nSPS) is 43.3. The van der Waals surface area contributed by atoms with Crippen molar-refractivity contribution in [3.63, 3.8) is 0 Å². The van der Waals surface area contributed by atoms with Crippen molar-refractivity contribution < 1.29 is 34.7 Å². The molecule has 0 bridgehead atoms. The molecule has 7 heteroatoms. The van der Waals surface area contributed by atoms with Gasteiger partial charge in [0.1, 0.15) is 24.4 Å². The maximum atomic E-state index is 9.98. The van der Waals surface area contributed by atoms with Gasteiger partial charge in [0.05, 0.1) is 6.61 Å². The Morgan fingerprint density at radius 1 is 1.21 bits per heavy atom. The Labute approximate surface area is 79.5 Å². The average molecular weight is 208 g/mol. The molecular formula is C7H12O7. The highest BCUT2D eigenvalue weighted by Gasteiger charge is 2.44. The molecule has 0 aromatic carbocycles. The van der Waals surface area contributed by atoms with Gasteiger partial charge in [0.15, 0.2) is 0 Å². The van der Waals surface area contributed by atoms with Crippen molar-refractivity contribution in [3.8, 4) is 0 Å². The fourth-order valence-electron chi connectivity index (χ4n) is 1.23. The molecule has 0 unspecified atom stereocenters. The summed E-state index contributed by atoms with van der Waals surface area (Å²) in [5.41, 5.74) is 0. The highest BCUT2D eigenvalue weighted by atomic mass is 16.7. The first-order valence-corrected chi connectivity index (χ1v) is 4.01. The van der Waals surface area contributed by atoms with Crippen LogP contribution >= 0.6 is 0 Å². The molecule has 0 saturated carbocycles. The summed E-state index contributed by atoms with van der Waals surface area (Å²) in [6.07, 6.45) is -6.92. The van der Waals surface area contributed by atoms with Gasteiger partial charge < -0.3 is 29.9 Å². The molecule has 0 spiro atoms. The van der Waals surface area contributed by atoms with Gasteiger partial charge >= 0.3 is 0 Å². The molecule has 0 aromatic rings. The number of aliphatic hydroxyl groups is 4. The molecule has 0 radical (unpaired) electrons. The van der Waals surface area contributed by atoms with Gasteiger partial charge in [-0.1, -0.05) is 0 Å². The lowest BCUT2D eigenvalue weighted by Gasteiger charge is -2.38. The van der Waals surface area contributed by atoms with Crippen molar-refractivity contribution in [2.45, 2.75) is 30.7 Å². The Hall–Kier alpha value is -0.730. The van der Waals surface area contributed by atoms with Crippen molar-refractivity contribution in [1.82, 2.24) is 0 Å². The minimum absolute atomic E-state index is 0.0484. The molecule has 1 aliphatic rings. The maximum absolute atomic E-state index is 9.98. The largest absolute Gasteiger partial charge is 0.435 e. The van der Waals surface area contributed by atoms with Gasteiger partial charge in [0.25, 0.3) is 6.47 Å². The Kier molecular flexibility index (Phi) is 3.78. The summed E-state index contributed by atoms with van der Waals surface area (Å²) in [4.78, 5) is 9.98. The van der Waals surface area contributed by atoms with Crippen molar-refractivity contribution in [1.29, 1.82) is 0 Å². The van der Waals surface area contributed by atoms with Crippen LogP contribution in [-0.2, 0) is 14.3 Å². The zero-order chi connectivity index (χ0) is 10.7. The summed E-state index contributed by atoms with van der Waals surface area (Å²) in [6.45, 7) is -0.504. The van der Waals surface area contributed by atoms with Gasteiger partial charge in [-0.3, -0.25) is 4.79 Å². The van der Waals surface area contributed by atoms with E-state index >= 15 is 0 Å². The fourth-order valence-corrected chi connectivity index (χ4v) is 1.23. The topological polar surface area (TPSA) is 116 Å². The average Bonchev–Trinajstić information content (AvgIpc) is 2.19. The zero-order valence-electron chi connectivity index (χ0n) is 7.18. The second-order valence-electron chi connectivity index (χ2n) is 2.93. The first kappa shape index (κ1) is 11.3. The van der Waals surface area contributed by atoms with E-state index in [0.29, 0.717) is 0 Å². The Balaban J connectivity index is 2.67. The van der Waals surface area contributed by atoms with Crippen LogP contribution in [0, 0.1) is 0 Å². The number of hydrogen-bond acceptors (Lipinski definition) is 7. The van der Waals surface area contributed by atoms with E-state index < -0.39 is 37.3 Å². The van der Waals surface area contributed by atoms with E-state index in [4.69, 9.17) is 9.84 Å². The highest BCUT2D eigenvalue weighted by Crippen LogP contribution is 2.21. The maximum Gasteiger partial charge on any atom is 0.295 e. The molecule has 7 nitrogen and oxygen atoms in total. The fraction of sp³-hybridized carbons (Fsp3) is 0.857. The molecule has 82 valence electrons. The summed E-state index contributed by atoms with van der Waals surface area (Å²) in [6, 6.07) is 0. The van der Waals surface area contributed by atoms with E-state index in [1.807, 2.05) is 0 Å². The summed E-state index contributed by atoms with van der Waals surface area (Å²) in [7, 11) is 0. The quantitative estimate of drug-likeness (QED) is 0.364. The van der Waals surface area contributed by atoms with Gasteiger partial charge in [-0.2, -0.15) is 0 Å². The molecule has 4 N–H and O–H groups in total. The standard InChI is InChI=1S/C7H12O7/c8-1-3-4(10)5(11)6(12)7(14-3)13-2-9/h2-8,10-12H,1H2/t3-,4-,5+,6-,7-/m1/s1. The van der Waals surface area contributed by atoms with E-state index in [2.05, 4.69) is 4.74 Å². The van der Waals surface area contributed by atoms with Gasteiger partial charge in [-0.25, -0.2) is 0 Å². The first-order valence-electron chi connectivity index (χ1n) is 4.01. The molecule has 0 aromatic heterocycles. The van der Waals surface area contributed by atoms with Crippen LogP contribution in [0.3, 0.4) is 0 Å². The number of aliphatic hydroxyl groups excluding tert-OH is 4. The number of carbonyl (C=O) groups excluding carboxylic acids is 1. The van der Waals surface area contributed by atoms with Crippen molar-refractivity contribution in [3.05, 3.63) is 0 Å². The summed E-state index contributed by atoms with van der Waals surface area (Å²) in [5, 5.41) is 36.5. The molecule has 1 fully saturated rings. The Morgan fingerprint density at radius 3 is 2.36 bits per heavy atom. The van der Waals surface area contributed by atoms with Crippen LogP contribution in [0.5, 0.6) is 0 Å². The van der Waals surface area contributed by atoms with Crippen LogP contribution in [0.4, 0.5) is 0 Å². The van der Waals surface area contributed by atoms with Crippen LogP contribution in [0.2, 0.25) is 0 Å². The monoisotopic (exact) mass is 208 g/mol. The lowest BCUT2D eigenvalue weighted by atomic mass is 9.99. The molecule has 1 aliphatic heterocycles. The van der Waals surface area contributed by atoms with Crippen molar-refractivity contribution in [2.24, 2.45) is 0 Å². The van der Waals surface area contributed by atoms with E-state index in [9.17, 15) is 20.1 Å². The number of ether oxygens (including phenoxy) is 2. The first-order chi connectivity index (χ1) is 6.61. The SMILES string of the molecule is O=CO[C@@H]1O[C@H](CO)[C@@H](O)[C@H](O)[C@H]1O. The summed E-state index contributed by atoms with van der Waals surface area (Å²) < 4.78 is 9.12. The van der Waals surface area contributed by atoms with E-state index in [0.717, 1.165) is 0 Å². The molecule has 1 heterocycles.